The van der Waals surface area contributed by atoms with Crippen molar-refractivity contribution in [1.82, 2.24) is 15.6 Å². The predicted octanol–water partition coefficient (Wildman–Crippen LogP) is 2.21. The lowest BCUT2D eigenvalue weighted by Gasteiger charge is -2.19. The van der Waals surface area contributed by atoms with E-state index in [0.29, 0.717) is 6.54 Å². The van der Waals surface area contributed by atoms with Gasteiger partial charge in [0.2, 0.25) is 5.91 Å². The first-order chi connectivity index (χ1) is 11.8. The van der Waals surface area contributed by atoms with Gasteiger partial charge in [-0.25, -0.2) is 9.78 Å². The monoisotopic (exact) mass is 348 g/mol. The summed E-state index contributed by atoms with van der Waals surface area (Å²) in [6, 6.07) is 3.92. The van der Waals surface area contributed by atoms with Gasteiger partial charge in [-0.15, -0.1) is 0 Å². The predicted molar refractivity (Wildman–Crippen MR) is 96.4 cm³/mol. The van der Waals surface area contributed by atoms with Crippen molar-refractivity contribution in [1.29, 1.82) is 0 Å². The molecule has 138 valence electrons. The largest absolute Gasteiger partial charge is 0.444 e. The van der Waals surface area contributed by atoms with Crippen molar-refractivity contribution in [2.24, 2.45) is 0 Å². The fourth-order valence-corrected chi connectivity index (χ4v) is 2.57. The molecule has 1 saturated heterocycles. The van der Waals surface area contributed by atoms with E-state index in [9.17, 15) is 9.59 Å². The van der Waals surface area contributed by atoms with Crippen LogP contribution in [0.2, 0.25) is 0 Å². The van der Waals surface area contributed by atoms with E-state index in [1.807, 2.05) is 12.1 Å². The lowest BCUT2D eigenvalue weighted by atomic mass is 10.2. The van der Waals surface area contributed by atoms with Gasteiger partial charge < -0.3 is 20.3 Å². The molecule has 0 bridgehead atoms. The van der Waals surface area contributed by atoms with Gasteiger partial charge in [-0.05, 0) is 51.3 Å². The number of amides is 2. The first-order valence-corrected chi connectivity index (χ1v) is 8.77. The quantitative estimate of drug-likeness (QED) is 0.823. The third kappa shape index (κ3) is 6.99. The van der Waals surface area contributed by atoms with Crippen molar-refractivity contribution in [2.75, 3.05) is 24.5 Å². The second-order valence-electron chi connectivity index (χ2n) is 7.17. The molecule has 1 aliphatic heterocycles. The van der Waals surface area contributed by atoms with Crippen LogP contribution in [0.4, 0.5) is 10.6 Å². The van der Waals surface area contributed by atoms with Crippen LogP contribution in [0.1, 0.15) is 45.6 Å². The molecule has 2 N–H and O–H groups in total. The summed E-state index contributed by atoms with van der Waals surface area (Å²) in [5.74, 6) is 0.853. The van der Waals surface area contributed by atoms with Crippen molar-refractivity contribution in [3.63, 3.8) is 0 Å². The van der Waals surface area contributed by atoms with Gasteiger partial charge in [0.25, 0.3) is 0 Å². The molecule has 25 heavy (non-hydrogen) atoms. The fraction of sp³-hybridized carbons (Fsp3) is 0.611. The zero-order valence-corrected chi connectivity index (χ0v) is 15.3. The van der Waals surface area contributed by atoms with Gasteiger partial charge in [-0.1, -0.05) is 0 Å². The lowest BCUT2D eigenvalue weighted by Crippen LogP contribution is -2.35. The van der Waals surface area contributed by atoms with Crippen LogP contribution in [0, 0.1) is 0 Å². The Bertz CT molecular complexity index is 592. The minimum absolute atomic E-state index is 0.115. The van der Waals surface area contributed by atoms with Gasteiger partial charge in [-0.2, -0.15) is 0 Å². The molecule has 0 saturated carbocycles. The Morgan fingerprint density at radius 3 is 2.64 bits per heavy atom. The zero-order chi connectivity index (χ0) is 18.3. The lowest BCUT2D eigenvalue weighted by molar-refractivity contribution is -0.121. The molecule has 1 aromatic rings. The molecule has 0 aromatic carbocycles. The number of aromatic nitrogens is 1. The molecule has 7 nitrogen and oxygen atoms in total. The number of ether oxygens (including phenoxy) is 1. The Morgan fingerprint density at radius 2 is 1.96 bits per heavy atom. The SMILES string of the molecule is CC(C)(C)OC(=O)NCCC(=O)NCc1ccnc(N2CCCC2)c1. The number of anilines is 1. The van der Waals surface area contributed by atoms with E-state index in [4.69, 9.17) is 4.74 Å². The van der Waals surface area contributed by atoms with Gasteiger partial charge in [0, 0.05) is 38.8 Å². The Hall–Kier alpha value is -2.31. The number of carbonyl (C=O) groups excluding carboxylic acids is 2. The van der Waals surface area contributed by atoms with E-state index in [2.05, 4.69) is 20.5 Å². The average Bonchev–Trinajstić information content (AvgIpc) is 3.06. The maximum absolute atomic E-state index is 11.9. The summed E-state index contributed by atoms with van der Waals surface area (Å²) in [4.78, 5) is 30.1. The van der Waals surface area contributed by atoms with Crippen LogP contribution in [-0.4, -0.2) is 42.2 Å². The first-order valence-electron chi connectivity index (χ1n) is 8.77. The molecule has 0 spiro atoms. The van der Waals surface area contributed by atoms with Crippen LogP contribution in [-0.2, 0) is 16.1 Å². The Kier molecular flexibility index (Phi) is 6.61. The number of alkyl carbamates (subject to hydrolysis) is 1. The number of rotatable bonds is 6. The van der Waals surface area contributed by atoms with Crippen molar-refractivity contribution in [2.45, 2.75) is 52.2 Å². The Morgan fingerprint density at radius 1 is 1.24 bits per heavy atom. The smallest absolute Gasteiger partial charge is 0.407 e. The number of nitrogens with zero attached hydrogens (tertiary/aromatic N) is 2. The molecule has 2 heterocycles. The molecule has 1 aliphatic rings. The molecule has 2 amide bonds. The summed E-state index contributed by atoms with van der Waals surface area (Å²) in [6.45, 7) is 8.17. The highest BCUT2D eigenvalue weighted by Gasteiger charge is 2.16. The van der Waals surface area contributed by atoms with Crippen LogP contribution in [0.3, 0.4) is 0 Å². The minimum atomic E-state index is -0.541. The van der Waals surface area contributed by atoms with Gasteiger partial charge in [-0.3, -0.25) is 4.79 Å². The highest BCUT2D eigenvalue weighted by atomic mass is 16.6. The third-order valence-electron chi connectivity index (χ3n) is 3.75. The van der Waals surface area contributed by atoms with Crippen LogP contribution >= 0.6 is 0 Å². The first kappa shape index (κ1) is 19.0. The normalized spacial score (nSPS) is 14.3. The highest BCUT2D eigenvalue weighted by molar-refractivity contribution is 5.77. The molecule has 0 unspecified atom stereocenters. The summed E-state index contributed by atoms with van der Waals surface area (Å²) in [6.07, 6.45) is 3.88. The van der Waals surface area contributed by atoms with Gasteiger partial charge in [0.15, 0.2) is 0 Å². The minimum Gasteiger partial charge on any atom is -0.444 e. The fourth-order valence-electron chi connectivity index (χ4n) is 2.57. The third-order valence-corrected chi connectivity index (χ3v) is 3.75. The molecule has 1 fully saturated rings. The Balaban J connectivity index is 1.69. The highest BCUT2D eigenvalue weighted by Crippen LogP contribution is 2.18. The molecule has 0 atom stereocenters. The number of hydrogen-bond acceptors (Lipinski definition) is 5. The van der Waals surface area contributed by atoms with E-state index in [1.165, 1.54) is 12.8 Å². The van der Waals surface area contributed by atoms with Crippen molar-refractivity contribution >= 4 is 17.8 Å². The van der Waals surface area contributed by atoms with E-state index < -0.39 is 11.7 Å². The van der Waals surface area contributed by atoms with Crippen molar-refractivity contribution < 1.29 is 14.3 Å². The summed E-state index contributed by atoms with van der Waals surface area (Å²) >= 11 is 0. The Labute approximate surface area is 149 Å². The van der Waals surface area contributed by atoms with Gasteiger partial charge in [0.05, 0.1) is 0 Å². The summed E-state index contributed by atoms with van der Waals surface area (Å²) in [5, 5.41) is 5.44. The summed E-state index contributed by atoms with van der Waals surface area (Å²) in [5.41, 5.74) is 0.478. The van der Waals surface area contributed by atoms with E-state index >= 15 is 0 Å². The molecular formula is C18H28N4O3. The van der Waals surface area contributed by atoms with E-state index in [0.717, 1.165) is 24.5 Å². The topological polar surface area (TPSA) is 83.6 Å². The van der Waals surface area contributed by atoms with Gasteiger partial charge in [0.1, 0.15) is 11.4 Å². The number of pyridine rings is 1. The standard InChI is InChI=1S/C18H28N4O3/c1-18(2,3)25-17(24)20-9-7-16(23)21-13-14-6-8-19-15(12-14)22-10-4-5-11-22/h6,8,12H,4-5,7,9-11,13H2,1-3H3,(H,20,24)(H,21,23). The molecule has 7 heteroatoms. The average molecular weight is 348 g/mol. The molecule has 1 aromatic heterocycles. The van der Waals surface area contributed by atoms with Crippen LogP contribution in [0.5, 0.6) is 0 Å². The second kappa shape index (κ2) is 8.69. The summed E-state index contributed by atoms with van der Waals surface area (Å²) < 4.78 is 5.12. The van der Waals surface area contributed by atoms with Crippen LogP contribution < -0.4 is 15.5 Å². The van der Waals surface area contributed by atoms with Gasteiger partial charge >= 0.3 is 6.09 Å². The number of carbonyl (C=O) groups is 2. The number of hydrogen-bond donors (Lipinski definition) is 2. The van der Waals surface area contributed by atoms with E-state index in [-0.39, 0.29) is 18.9 Å². The molecule has 2 rings (SSSR count). The molecule has 0 radical (unpaired) electrons. The maximum Gasteiger partial charge on any atom is 0.407 e. The van der Waals surface area contributed by atoms with Crippen LogP contribution in [0.25, 0.3) is 0 Å². The van der Waals surface area contributed by atoms with Crippen molar-refractivity contribution in [3.05, 3.63) is 23.9 Å². The zero-order valence-electron chi connectivity index (χ0n) is 15.3. The second-order valence-corrected chi connectivity index (χ2v) is 7.17. The molecular weight excluding hydrogens is 320 g/mol. The summed E-state index contributed by atoms with van der Waals surface area (Å²) in [7, 11) is 0. The van der Waals surface area contributed by atoms with E-state index in [1.54, 1.807) is 27.0 Å². The van der Waals surface area contributed by atoms with Crippen molar-refractivity contribution in [3.8, 4) is 0 Å². The molecule has 0 aliphatic carbocycles. The maximum atomic E-state index is 11.9. The number of nitrogens with one attached hydrogen (secondary N) is 2. The van der Waals surface area contributed by atoms with Crippen LogP contribution in [0.15, 0.2) is 18.3 Å².